The fourth-order valence-corrected chi connectivity index (χ4v) is 1.14. The van der Waals surface area contributed by atoms with Gasteiger partial charge in [-0.2, -0.15) is 0 Å². The first kappa shape index (κ1) is 11.2. The third-order valence-electron chi connectivity index (χ3n) is 2.10. The largest absolute Gasteiger partial charge is 0.401 e. The van der Waals surface area contributed by atoms with Crippen molar-refractivity contribution >= 4 is 0 Å². The van der Waals surface area contributed by atoms with Crippen molar-refractivity contribution in [1.82, 2.24) is 5.32 Å². The molecule has 0 aliphatic heterocycles. The summed E-state index contributed by atoms with van der Waals surface area (Å²) in [6.45, 7) is 6.27. The van der Waals surface area contributed by atoms with Crippen LogP contribution >= 0.6 is 0 Å². The highest BCUT2D eigenvalue weighted by atomic mass is 14.9. The lowest BCUT2D eigenvalue weighted by atomic mass is 10.2. The van der Waals surface area contributed by atoms with E-state index in [1.54, 1.807) is 6.92 Å². The minimum absolute atomic E-state index is 0.519. The monoisotopic (exact) mass is 203 g/mol. The van der Waals surface area contributed by atoms with Crippen molar-refractivity contribution in [2.45, 2.75) is 13.5 Å². The molecule has 0 atom stereocenters. The smallest absolute Gasteiger partial charge is 0.0731 e. The minimum atomic E-state index is 0.519. The summed E-state index contributed by atoms with van der Waals surface area (Å²) < 4.78 is 0. The van der Waals surface area contributed by atoms with Crippen LogP contribution < -0.4 is 16.8 Å². The van der Waals surface area contributed by atoms with E-state index in [9.17, 15) is 0 Å². The van der Waals surface area contributed by atoms with E-state index in [4.69, 9.17) is 11.5 Å². The molecule has 0 fully saturated rings. The van der Waals surface area contributed by atoms with Crippen molar-refractivity contribution in [3.63, 3.8) is 0 Å². The Morgan fingerprint density at radius 2 is 1.87 bits per heavy atom. The maximum Gasteiger partial charge on any atom is 0.0731 e. The summed E-state index contributed by atoms with van der Waals surface area (Å²) >= 11 is 0. The van der Waals surface area contributed by atoms with E-state index in [1.807, 2.05) is 30.3 Å². The Kier molecular flexibility index (Phi) is 3.80. The summed E-state index contributed by atoms with van der Waals surface area (Å²) in [6, 6.07) is 10.0. The van der Waals surface area contributed by atoms with E-state index in [0.29, 0.717) is 23.6 Å². The van der Waals surface area contributed by atoms with Crippen LogP contribution in [0.1, 0.15) is 12.5 Å². The molecule has 0 aliphatic carbocycles. The Morgan fingerprint density at radius 3 is 2.40 bits per heavy atom. The predicted octanol–water partition coefficient (Wildman–Crippen LogP) is 1.44. The summed E-state index contributed by atoms with van der Waals surface area (Å²) in [6.07, 6.45) is 0. The van der Waals surface area contributed by atoms with Gasteiger partial charge in [-0.15, -0.1) is 0 Å². The number of allylic oxidation sites excluding steroid dienone is 1. The van der Waals surface area contributed by atoms with Crippen LogP contribution in [0, 0.1) is 0 Å². The highest BCUT2D eigenvalue weighted by Gasteiger charge is 1.99. The van der Waals surface area contributed by atoms with Gasteiger partial charge in [0.15, 0.2) is 0 Å². The molecule has 0 bridgehead atoms. The molecule has 0 saturated heterocycles. The van der Waals surface area contributed by atoms with E-state index in [-0.39, 0.29) is 0 Å². The third-order valence-corrected chi connectivity index (χ3v) is 2.10. The van der Waals surface area contributed by atoms with E-state index >= 15 is 0 Å². The molecular weight excluding hydrogens is 186 g/mol. The molecule has 0 heterocycles. The summed E-state index contributed by atoms with van der Waals surface area (Å²) in [5.74, 6) is 0. The minimum Gasteiger partial charge on any atom is -0.401 e. The van der Waals surface area contributed by atoms with Crippen LogP contribution in [0.5, 0.6) is 0 Å². The summed E-state index contributed by atoms with van der Waals surface area (Å²) in [5, 5.41) is 3.12. The molecule has 0 saturated carbocycles. The van der Waals surface area contributed by atoms with Crippen molar-refractivity contribution in [3.8, 4) is 0 Å². The zero-order valence-corrected chi connectivity index (χ0v) is 8.96. The van der Waals surface area contributed by atoms with Gasteiger partial charge >= 0.3 is 0 Å². The van der Waals surface area contributed by atoms with Gasteiger partial charge in [0.25, 0.3) is 0 Å². The lowest BCUT2D eigenvalue weighted by molar-refractivity contribution is 0.814. The molecule has 1 rings (SSSR count). The number of hydrogen-bond acceptors (Lipinski definition) is 3. The van der Waals surface area contributed by atoms with Gasteiger partial charge in [0, 0.05) is 12.2 Å². The Balaban J connectivity index is 2.52. The molecule has 0 aliphatic rings. The van der Waals surface area contributed by atoms with Crippen LogP contribution in [-0.2, 0) is 6.54 Å². The molecule has 3 nitrogen and oxygen atoms in total. The molecule has 0 radical (unpaired) electrons. The standard InChI is InChI=1S/C12H17N3/c1-9(13)12(14)10(2)15-8-11-6-4-3-5-7-11/h3-7,15H,2,8,13-14H2,1H3/b12-9-. The van der Waals surface area contributed by atoms with E-state index in [2.05, 4.69) is 11.9 Å². The van der Waals surface area contributed by atoms with Crippen LogP contribution in [0.4, 0.5) is 0 Å². The molecule has 1 aromatic rings. The van der Waals surface area contributed by atoms with Crippen molar-refractivity contribution in [2.75, 3.05) is 0 Å². The van der Waals surface area contributed by atoms with Gasteiger partial charge in [-0.05, 0) is 12.5 Å². The van der Waals surface area contributed by atoms with Crippen LogP contribution in [0.3, 0.4) is 0 Å². The number of nitrogens with two attached hydrogens (primary N) is 2. The number of hydrogen-bond donors (Lipinski definition) is 3. The third kappa shape index (κ3) is 3.38. The summed E-state index contributed by atoms with van der Waals surface area (Å²) in [5.41, 5.74) is 14.2. The first-order chi connectivity index (χ1) is 7.11. The number of benzene rings is 1. The summed E-state index contributed by atoms with van der Waals surface area (Å²) in [7, 11) is 0. The molecule has 0 spiro atoms. The highest BCUT2D eigenvalue weighted by Crippen LogP contribution is 2.03. The number of nitrogens with one attached hydrogen (secondary N) is 1. The second-order valence-electron chi connectivity index (χ2n) is 3.41. The number of rotatable bonds is 4. The molecule has 0 amide bonds. The first-order valence-electron chi connectivity index (χ1n) is 4.80. The van der Waals surface area contributed by atoms with Gasteiger partial charge in [-0.1, -0.05) is 36.9 Å². The highest BCUT2D eigenvalue weighted by molar-refractivity contribution is 5.27. The van der Waals surface area contributed by atoms with E-state index in [0.717, 1.165) is 0 Å². The van der Waals surface area contributed by atoms with Gasteiger partial charge in [-0.25, -0.2) is 0 Å². The molecule has 80 valence electrons. The molecule has 1 aromatic carbocycles. The SMILES string of the molecule is C=C(NCc1ccccc1)/C(N)=C(\C)N. The Hall–Kier alpha value is -1.90. The first-order valence-corrected chi connectivity index (χ1v) is 4.80. The lowest BCUT2D eigenvalue weighted by Gasteiger charge is -2.10. The average molecular weight is 203 g/mol. The van der Waals surface area contributed by atoms with Crippen LogP contribution in [0.15, 0.2) is 54.0 Å². The zero-order valence-electron chi connectivity index (χ0n) is 8.96. The Morgan fingerprint density at radius 1 is 1.27 bits per heavy atom. The van der Waals surface area contributed by atoms with Crippen LogP contribution in [0.25, 0.3) is 0 Å². The fraction of sp³-hybridized carbons (Fsp3) is 0.167. The molecule has 0 aromatic heterocycles. The Labute approximate surface area is 90.5 Å². The van der Waals surface area contributed by atoms with Crippen molar-refractivity contribution in [2.24, 2.45) is 11.5 Å². The molecule has 5 N–H and O–H groups in total. The van der Waals surface area contributed by atoms with Gasteiger partial charge in [0.05, 0.1) is 11.4 Å². The molecule has 0 unspecified atom stereocenters. The van der Waals surface area contributed by atoms with Crippen LogP contribution in [-0.4, -0.2) is 0 Å². The molecular formula is C12H17N3. The van der Waals surface area contributed by atoms with Crippen LogP contribution in [0.2, 0.25) is 0 Å². The van der Waals surface area contributed by atoms with E-state index < -0.39 is 0 Å². The molecule has 15 heavy (non-hydrogen) atoms. The quantitative estimate of drug-likeness (QED) is 0.649. The average Bonchev–Trinajstić information content (AvgIpc) is 2.26. The topological polar surface area (TPSA) is 64.1 Å². The Bertz CT molecular complexity index is 362. The molecule has 3 heteroatoms. The summed E-state index contributed by atoms with van der Waals surface area (Å²) in [4.78, 5) is 0. The maximum atomic E-state index is 5.72. The van der Waals surface area contributed by atoms with Crippen molar-refractivity contribution in [3.05, 3.63) is 59.6 Å². The second-order valence-corrected chi connectivity index (χ2v) is 3.41. The maximum absolute atomic E-state index is 5.72. The fourth-order valence-electron chi connectivity index (χ4n) is 1.14. The van der Waals surface area contributed by atoms with Gasteiger partial charge in [0.1, 0.15) is 0 Å². The van der Waals surface area contributed by atoms with Gasteiger partial charge in [0.2, 0.25) is 0 Å². The normalized spacial score (nSPS) is 11.8. The van der Waals surface area contributed by atoms with Gasteiger partial charge in [-0.3, -0.25) is 0 Å². The van der Waals surface area contributed by atoms with Crippen molar-refractivity contribution < 1.29 is 0 Å². The lowest BCUT2D eigenvalue weighted by Crippen LogP contribution is -2.20. The second kappa shape index (κ2) is 5.10. The zero-order chi connectivity index (χ0) is 11.3. The van der Waals surface area contributed by atoms with Gasteiger partial charge < -0.3 is 16.8 Å². The predicted molar refractivity (Wildman–Crippen MR) is 63.5 cm³/mol. The van der Waals surface area contributed by atoms with Crippen molar-refractivity contribution in [1.29, 1.82) is 0 Å². The van der Waals surface area contributed by atoms with E-state index in [1.165, 1.54) is 5.56 Å².